The highest BCUT2D eigenvalue weighted by Crippen LogP contribution is 2.37. The van der Waals surface area contributed by atoms with E-state index in [1.807, 2.05) is 37.3 Å². The molecule has 3 rings (SSSR count). The van der Waals surface area contributed by atoms with E-state index in [1.165, 1.54) is 3.97 Å². The van der Waals surface area contributed by atoms with Gasteiger partial charge in [-0.05, 0) is 81.5 Å². The summed E-state index contributed by atoms with van der Waals surface area (Å²) in [6.07, 6.45) is 7.65. The molecule has 0 N–H and O–H groups in total. The molecule has 0 saturated heterocycles. The molecule has 1 aliphatic rings. The van der Waals surface area contributed by atoms with Crippen LogP contribution in [0.2, 0.25) is 5.02 Å². The van der Waals surface area contributed by atoms with Crippen molar-refractivity contribution in [2.75, 3.05) is 0 Å². The molecule has 0 saturated carbocycles. The SMILES string of the molecule is CC1=CC(C)(S(=O)(=O)n2ccc3cccc(Cl)c32)CC=C1C=C(Br)Br. The first-order valence-electron chi connectivity index (χ1n) is 7.59. The molecule has 25 heavy (non-hydrogen) atoms. The van der Waals surface area contributed by atoms with Gasteiger partial charge in [-0.25, -0.2) is 12.4 Å². The van der Waals surface area contributed by atoms with E-state index < -0.39 is 14.8 Å². The van der Waals surface area contributed by atoms with Crippen LogP contribution >= 0.6 is 43.5 Å². The molecule has 0 amide bonds. The predicted octanol–water partition coefficient (Wildman–Crippen LogP) is 6.14. The number of nitrogens with zero attached hydrogens (tertiary/aromatic N) is 1. The summed E-state index contributed by atoms with van der Waals surface area (Å²) in [5.74, 6) is 0. The molecule has 0 bridgehead atoms. The summed E-state index contributed by atoms with van der Waals surface area (Å²) < 4.78 is 27.9. The number of fused-ring (bicyclic) bond motifs is 1. The second-order valence-corrected chi connectivity index (χ2v) is 11.7. The van der Waals surface area contributed by atoms with Crippen LogP contribution in [0.5, 0.6) is 0 Å². The molecule has 0 fully saturated rings. The monoisotopic (exact) mass is 503 g/mol. The van der Waals surface area contributed by atoms with E-state index >= 15 is 0 Å². The minimum atomic E-state index is -3.69. The van der Waals surface area contributed by atoms with Crippen LogP contribution in [0, 0.1) is 0 Å². The molecule has 1 unspecified atom stereocenters. The highest BCUT2D eigenvalue weighted by Gasteiger charge is 2.40. The van der Waals surface area contributed by atoms with Crippen LogP contribution in [0.25, 0.3) is 10.9 Å². The molecule has 7 heteroatoms. The first-order chi connectivity index (χ1) is 11.7. The van der Waals surface area contributed by atoms with Crippen molar-refractivity contribution in [3.8, 4) is 0 Å². The molecule has 1 atom stereocenters. The maximum atomic E-state index is 13.4. The molecule has 0 aliphatic heterocycles. The van der Waals surface area contributed by atoms with Crippen molar-refractivity contribution in [2.45, 2.75) is 25.0 Å². The summed E-state index contributed by atoms with van der Waals surface area (Å²) >= 11 is 13.0. The highest BCUT2D eigenvalue weighted by atomic mass is 79.9. The minimum Gasteiger partial charge on any atom is -0.243 e. The van der Waals surface area contributed by atoms with Gasteiger partial charge < -0.3 is 0 Å². The van der Waals surface area contributed by atoms with Crippen molar-refractivity contribution in [1.82, 2.24) is 3.97 Å². The van der Waals surface area contributed by atoms with Crippen LogP contribution in [-0.4, -0.2) is 17.1 Å². The number of hydrogen-bond donors (Lipinski definition) is 0. The van der Waals surface area contributed by atoms with Gasteiger partial charge in [-0.1, -0.05) is 35.9 Å². The lowest BCUT2D eigenvalue weighted by atomic mass is 9.92. The number of benzene rings is 1. The number of para-hydroxylation sites is 1. The third-order valence-corrected chi connectivity index (χ3v) is 7.49. The Bertz CT molecular complexity index is 1050. The number of hydrogen-bond acceptors (Lipinski definition) is 2. The van der Waals surface area contributed by atoms with Crippen molar-refractivity contribution < 1.29 is 8.42 Å². The second-order valence-electron chi connectivity index (χ2n) is 6.23. The van der Waals surface area contributed by atoms with E-state index in [2.05, 4.69) is 31.9 Å². The Morgan fingerprint density at radius 3 is 2.68 bits per heavy atom. The number of rotatable bonds is 3. The third kappa shape index (κ3) is 3.29. The summed E-state index contributed by atoms with van der Waals surface area (Å²) in [4.78, 5) is 0. The molecule has 1 aromatic carbocycles. The van der Waals surface area contributed by atoms with Crippen LogP contribution in [0.3, 0.4) is 0 Å². The standard InChI is InChI=1S/C18H16Br2ClNO2S/c1-12-11-18(2,8-6-14(12)10-16(19)20)25(23,24)22-9-7-13-4-3-5-15(21)17(13)22/h3-7,9-11H,8H2,1-2H3. The summed E-state index contributed by atoms with van der Waals surface area (Å²) in [6.45, 7) is 3.66. The molecule has 1 aromatic heterocycles. The normalized spacial score (nSPS) is 21.0. The fraction of sp³-hybridized carbons (Fsp3) is 0.222. The molecule has 132 valence electrons. The largest absolute Gasteiger partial charge is 0.248 e. The van der Waals surface area contributed by atoms with Crippen LogP contribution in [0.4, 0.5) is 0 Å². The van der Waals surface area contributed by atoms with E-state index in [-0.39, 0.29) is 0 Å². The van der Waals surface area contributed by atoms with E-state index in [0.29, 0.717) is 17.0 Å². The minimum absolute atomic E-state index is 0.385. The van der Waals surface area contributed by atoms with Crippen molar-refractivity contribution >= 4 is 64.4 Å². The van der Waals surface area contributed by atoms with Gasteiger partial charge in [-0.2, -0.15) is 0 Å². The second kappa shape index (κ2) is 6.72. The van der Waals surface area contributed by atoms with Gasteiger partial charge >= 0.3 is 0 Å². The Labute approximate surface area is 169 Å². The molecular weight excluding hydrogens is 490 g/mol. The Morgan fingerprint density at radius 2 is 2.04 bits per heavy atom. The van der Waals surface area contributed by atoms with Gasteiger partial charge in [0.2, 0.25) is 10.0 Å². The lowest BCUT2D eigenvalue weighted by molar-refractivity contribution is 0.553. The number of allylic oxidation sites excluding steroid dienone is 4. The number of halogens is 3. The summed E-state index contributed by atoms with van der Waals surface area (Å²) in [5, 5.41) is 1.23. The Balaban J connectivity index is 2.12. The molecule has 1 heterocycles. The Hall–Kier alpha value is -0.820. The fourth-order valence-electron chi connectivity index (χ4n) is 3.09. The Kier molecular flexibility index (Phi) is 5.10. The van der Waals surface area contributed by atoms with Crippen LogP contribution < -0.4 is 0 Å². The van der Waals surface area contributed by atoms with Gasteiger partial charge in [0.15, 0.2) is 0 Å². The Morgan fingerprint density at radius 1 is 1.32 bits per heavy atom. The quantitative estimate of drug-likeness (QED) is 0.503. The summed E-state index contributed by atoms with van der Waals surface area (Å²) in [5.41, 5.74) is 2.43. The van der Waals surface area contributed by atoms with Crippen LogP contribution in [-0.2, 0) is 10.0 Å². The molecule has 3 nitrogen and oxygen atoms in total. The van der Waals surface area contributed by atoms with Crippen LogP contribution in [0.1, 0.15) is 20.3 Å². The van der Waals surface area contributed by atoms with Gasteiger partial charge in [0, 0.05) is 11.6 Å². The van der Waals surface area contributed by atoms with Gasteiger partial charge in [0.25, 0.3) is 0 Å². The van der Waals surface area contributed by atoms with Gasteiger partial charge in [-0.15, -0.1) is 0 Å². The van der Waals surface area contributed by atoms with Gasteiger partial charge in [-0.3, -0.25) is 0 Å². The maximum absolute atomic E-state index is 13.4. The predicted molar refractivity (Wildman–Crippen MR) is 112 cm³/mol. The van der Waals surface area contributed by atoms with Gasteiger partial charge in [0.05, 0.1) is 13.9 Å². The molecule has 1 aliphatic carbocycles. The van der Waals surface area contributed by atoms with Crippen molar-refractivity contribution in [1.29, 1.82) is 0 Å². The lowest BCUT2D eigenvalue weighted by Gasteiger charge is -2.30. The van der Waals surface area contributed by atoms with Gasteiger partial charge in [0.1, 0.15) is 4.75 Å². The summed E-state index contributed by atoms with van der Waals surface area (Å²) in [6, 6.07) is 7.14. The lowest BCUT2D eigenvalue weighted by Crippen LogP contribution is -2.38. The average molecular weight is 506 g/mol. The molecule has 0 spiro atoms. The zero-order valence-electron chi connectivity index (χ0n) is 13.6. The molecule has 2 aromatic rings. The van der Waals surface area contributed by atoms with E-state index in [4.69, 9.17) is 11.6 Å². The van der Waals surface area contributed by atoms with Crippen molar-refractivity contribution in [3.05, 3.63) is 68.3 Å². The first-order valence-corrected chi connectivity index (χ1v) is 11.0. The van der Waals surface area contributed by atoms with E-state index in [9.17, 15) is 8.42 Å². The molecular formula is C18H16Br2ClNO2S. The highest BCUT2D eigenvalue weighted by molar-refractivity contribution is 9.28. The van der Waals surface area contributed by atoms with Crippen molar-refractivity contribution in [3.63, 3.8) is 0 Å². The van der Waals surface area contributed by atoms with Crippen molar-refractivity contribution in [2.24, 2.45) is 0 Å². The van der Waals surface area contributed by atoms with E-state index in [1.54, 1.807) is 25.3 Å². The fourth-order valence-corrected chi connectivity index (χ4v) is 5.64. The first kappa shape index (κ1) is 19.0. The summed E-state index contributed by atoms with van der Waals surface area (Å²) in [7, 11) is -3.69. The zero-order valence-corrected chi connectivity index (χ0v) is 18.4. The van der Waals surface area contributed by atoms with E-state index in [0.717, 1.165) is 19.9 Å². The molecule has 0 radical (unpaired) electrons. The average Bonchev–Trinajstić information content (AvgIpc) is 2.96. The number of aromatic nitrogens is 1. The zero-order chi connectivity index (χ0) is 18.4. The third-order valence-electron chi connectivity index (χ3n) is 4.45. The topological polar surface area (TPSA) is 39.1 Å². The smallest absolute Gasteiger partial charge is 0.243 e. The van der Waals surface area contributed by atoms with Crippen LogP contribution in [0.15, 0.2) is 63.2 Å². The maximum Gasteiger partial charge on any atom is 0.248 e.